The summed E-state index contributed by atoms with van der Waals surface area (Å²) in [4.78, 5) is 7.30. The van der Waals surface area contributed by atoms with Crippen molar-refractivity contribution in [2.75, 3.05) is 4.90 Å². The second-order valence-corrected chi connectivity index (χ2v) is 8.92. The summed E-state index contributed by atoms with van der Waals surface area (Å²) in [7, 11) is 0. The quantitative estimate of drug-likeness (QED) is 0.248. The number of hydrogen-bond donors (Lipinski definition) is 0. The van der Waals surface area contributed by atoms with Gasteiger partial charge in [-0.2, -0.15) is 4.98 Å². The number of benzene rings is 5. The van der Waals surface area contributed by atoms with Gasteiger partial charge in [0.2, 0.25) is 0 Å². The molecule has 0 aliphatic carbocycles. The monoisotopic (exact) mass is 477 g/mol. The van der Waals surface area contributed by atoms with Crippen LogP contribution in [0, 0.1) is 0 Å². The van der Waals surface area contributed by atoms with Gasteiger partial charge in [0.05, 0.1) is 5.52 Å². The fourth-order valence-corrected chi connectivity index (χ4v) is 4.90. The van der Waals surface area contributed by atoms with Crippen molar-refractivity contribution in [1.82, 2.24) is 9.38 Å². The average Bonchev–Trinajstić information content (AvgIpc) is 3.52. The maximum atomic E-state index is 6.24. The Kier molecular flexibility index (Phi) is 5.07. The highest BCUT2D eigenvalue weighted by Gasteiger charge is 2.26. The Labute approximate surface area is 214 Å². The van der Waals surface area contributed by atoms with Crippen LogP contribution in [0.2, 0.25) is 0 Å². The third kappa shape index (κ3) is 3.67. The van der Waals surface area contributed by atoms with E-state index in [1.54, 1.807) is 0 Å². The van der Waals surface area contributed by atoms with Crippen LogP contribution in [0.4, 0.5) is 17.2 Å². The number of nitrogens with zero attached hydrogens (tertiary/aromatic N) is 3. The van der Waals surface area contributed by atoms with E-state index in [2.05, 4.69) is 112 Å². The topological polar surface area (TPSA) is 33.7 Å². The molecule has 0 aliphatic heterocycles. The van der Waals surface area contributed by atoms with E-state index in [1.165, 1.54) is 11.1 Å². The highest BCUT2D eigenvalue weighted by molar-refractivity contribution is 5.91. The van der Waals surface area contributed by atoms with Crippen molar-refractivity contribution in [1.29, 1.82) is 0 Å². The lowest BCUT2D eigenvalue weighted by molar-refractivity contribution is 0.642. The number of oxazole rings is 1. The number of rotatable bonds is 5. The lowest BCUT2D eigenvalue weighted by atomic mass is 10.0. The zero-order valence-corrected chi connectivity index (χ0v) is 20.0. The summed E-state index contributed by atoms with van der Waals surface area (Å²) >= 11 is 0. The molecule has 0 radical (unpaired) electrons. The zero-order valence-electron chi connectivity index (χ0n) is 20.0. The second-order valence-electron chi connectivity index (χ2n) is 8.92. The number of aromatic nitrogens is 2. The van der Waals surface area contributed by atoms with Crippen molar-refractivity contribution >= 4 is 34.1 Å². The van der Waals surface area contributed by atoms with Gasteiger partial charge in [-0.3, -0.25) is 4.90 Å². The van der Waals surface area contributed by atoms with Gasteiger partial charge in [-0.15, -0.1) is 0 Å². The smallest absolute Gasteiger partial charge is 0.309 e. The molecule has 0 atom stereocenters. The Morgan fingerprint density at radius 3 is 1.68 bits per heavy atom. The molecule has 0 aliphatic rings. The summed E-state index contributed by atoms with van der Waals surface area (Å²) in [5.74, 6) is 1.50. The molecular formula is C33H23N3O. The molecule has 0 bridgehead atoms. The molecule has 0 fully saturated rings. The van der Waals surface area contributed by atoms with Crippen LogP contribution in [-0.4, -0.2) is 9.38 Å². The highest BCUT2D eigenvalue weighted by atomic mass is 16.4. The van der Waals surface area contributed by atoms with E-state index in [4.69, 9.17) is 9.40 Å². The first-order valence-corrected chi connectivity index (χ1v) is 12.3. The number of hydrogen-bond acceptors (Lipinski definition) is 3. The molecule has 37 heavy (non-hydrogen) atoms. The molecule has 0 spiro atoms. The van der Waals surface area contributed by atoms with Crippen LogP contribution in [0.25, 0.3) is 39.3 Å². The fourth-order valence-electron chi connectivity index (χ4n) is 4.90. The van der Waals surface area contributed by atoms with Crippen LogP contribution >= 0.6 is 0 Å². The standard InChI is InChI=1S/C33H23N3O/c1-4-12-24(13-5-1)25-20-22-26(23-21-25)31-32(36-29-18-10-11-19-30(29)37-33(36)34-31)35(27-14-6-2-7-15-27)28-16-8-3-9-17-28/h1-23H. The van der Waals surface area contributed by atoms with Crippen LogP contribution < -0.4 is 4.90 Å². The molecule has 0 saturated carbocycles. The fraction of sp³-hybridized carbons (Fsp3) is 0. The second kappa shape index (κ2) is 8.85. The van der Waals surface area contributed by atoms with E-state index in [0.29, 0.717) is 5.84 Å². The number of imidazole rings is 1. The molecule has 0 amide bonds. The molecule has 7 aromatic rings. The Morgan fingerprint density at radius 1 is 0.514 bits per heavy atom. The van der Waals surface area contributed by atoms with Crippen LogP contribution in [0.5, 0.6) is 0 Å². The van der Waals surface area contributed by atoms with Crippen LogP contribution in [0.15, 0.2) is 144 Å². The van der Waals surface area contributed by atoms with Crippen molar-refractivity contribution in [3.05, 3.63) is 140 Å². The van der Waals surface area contributed by atoms with Gasteiger partial charge >= 0.3 is 5.84 Å². The molecular weight excluding hydrogens is 454 g/mol. The van der Waals surface area contributed by atoms with Crippen molar-refractivity contribution in [3.8, 4) is 22.4 Å². The minimum Gasteiger partial charge on any atom is -0.423 e. The molecule has 4 nitrogen and oxygen atoms in total. The zero-order chi connectivity index (χ0) is 24.6. The molecule has 0 N–H and O–H groups in total. The lowest BCUT2D eigenvalue weighted by Crippen LogP contribution is -2.13. The van der Waals surface area contributed by atoms with Crippen LogP contribution in [0.3, 0.4) is 0 Å². The maximum absolute atomic E-state index is 6.24. The molecule has 0 saturated heterocycles. The van der Waals surface area contributed by atoms with E-state index < -0.39 is 0 Å². The van der Waals surface area contributed by atoms with Crippen molar-refractivity contribution in [2.45, 2.75) is 0 Å². The first kappa shape index (κ1) is 21.2. The van der Waals surface area contributed by atoms with E-state index in [1.807, 2.05) is 36.4 Å². The minimum absolute atomic E-state index is 0.565. The van der Waals surface area contributed by atoms with Gasteiger partial charge in [0.15, 0.2) is 11.4 Å². The lowest BCUT2D eigenvalue weighted by Gasteiger charge is -2.25. The summed E-state index contributed by atoms with van der Waals surface area (Å²) in [5.41, 5.74) is 8.11. The Hall–Kier alpha value is -5.09. The maximum Gasteiger partial charge on any atom is 0.309 e. The van der Waals surface area contributed by atoms with Gasteiger partial charge in [-0.25, -0.2) is 4.40 Å². The van der Waals surface area contributed by atoms with Gasteiger partial charge in [-0.05, 0) is 47.5 Å². The first-order valence-electron chi connectivity index (χ1n) is 12.3. The number of anilines is 3. The number of fused-ring (bicyclic) bond motifs is 3. The summed E-state index contributed by atoms with van der Waals surface area (Å²) < 4.78 is 8.36. The number of para-hydroxylation sites is 4. The SMILES string of the molecule is c1ccc(-c2ccc(-c3nc4oc5ccccc5n4c3N(c3ccccc3)c3ccccc3)cc2)cc1. The summed E-state index contributed by atoms with van der Waals surface area (Å²) in [5, 5.41) is 0. The Morgan fingerprint density at radius 2 is 1.03 bits per heavy atom. The van der Waals surface area contributed by atoms with Crippen LogP contribution in [-0.2, 0) is 0 Å². The molecule has 2 heterocycles. The molecule has 4 heteroatoms. The molecule has 7 rings (SSSR count). The predicted molar refractivity (Wildman–Crippen MR) is 151 cm³/mol. The van der Waals surface area contributed by atoms with E-state index in [9.17, 15) is 0 Å². The van der Waals surface area contributed by atoms with Gasteiger partial charge in [0.1, 0.15) is 5.69 Å². The summed E-state index contributed by atoms with van der Waals surface area (Å²) in [6, 6.07) is 47.9. The first-order chi connectivity index (χ1) is 18.4. The van der Waals surface area contributed by atoms with Gasteiger partial charge in [-0.1, -0.05) is 103 Å². The Balaban J connectivity index is 1.50. The van der Waals surface area contributed by atoms with Gasteiger partial charge in [0.25, 0.3) is 0 Å². The van der Waals surface area contributed by atoms with Crippen molar-refractivity contribution in [2.24, 2.45) is 0 Å². The largest absolute Gasteiger partial charge is 0.423 e. The normalized spacial score (nSPS) is 11.2. The molecule has 5 aromatic carbocycles. The van der Waals surface area contributed by atoms with E-state index >= 15 is 0 Å². The third-order valence-electron chi connectivity index (χ3n) is 6.64. The minimum atomic E-state index is 0.565. The molecule has 0 unspecified atom stereocenters. The van der Waals surface area contributed by atoms with Gasteiger partial charge in [0, 0.05) is 16.9 Å². The third-order valence-corrected chi connectivity index (χ3v) is 6.64. The molecule has 176 valence electrons. The van der Waals surface area contributed by atoms with Crippen LogP contribution in [0.1, 0.15) is 0 Å². The highest BCUT2D eigenvalue weighted by Crippen LogP contribution is 2.43. The van der Waals surface area contributed by atoms with E-state index in [0.717, 1.165) is 39.5 Å². The summed E-state index contributed by atoms with van der Waals surface area (Å²) in [6.07, 6.45) is 0. The average molecular weight is 478 g/mol. The molecule has 2 aromatic heterocycles. The Bertz CT molecular complexity index is 1760. The van der Waals surface area contributed by atoms with Crippen molar-refractivity contribution in [3.63, 3.8) is 0 Å². The van der Waals surface area contributed by atoms with E-state index in [-0.39, 0.29) is 0 Å². The van der Waals surface area contributed by atoms with Gasteiger partial charge < -0.3 is 4.42 Å². The van der Waals surface area contributed by atoms with Crippen molar-refractivity contribution < 1.29 is 4.42 Å². The summed E-state index contributed by atoms with van der Waals surface area (Å²) in [6.45, 7) is 0. The predicted octanol–water partition coefficient (Wildman–Crippen LogP) is 8.88.